The molecule has 1 saturated heterocycles. The standard InChI is InChI=1S/C10H19NO2/c1-7(2)13-6-8(3)9-4-11-5-10(9)12/h7,9-12H,3-6H2,1-2H3. The highest BCUT2D eigenvalue weighted by molar-refractivity contribution is 5.07. The van der Waals surface area contributed by atoms with E-state index < -0.39 is 0 Å². The van der Waals surface area contributed by atoms with Gasteiger partial charge < -0.3 is 15.2 Å². The Hall–Kier alpha value is -0.380. The van der Waals surface area contributed by atoms with Crippen LogP contribution >= 0.6 is 0 Å². The number of ether oxygens (including phenoxy) is 1. The van der Waals surface area contributed by atoms with E-state index in [4.69, 9.17) is 4.74 Å². The number of hydrogen-bond acceptors (Lipinski definition) is 3. The Kier molecular flexibility index (Phi) is 3.90. The van der Waals surface area contributed by atoms with E-state index in [2.05, 4.69) is 11.9 Å². The number of nitrogens with one attached hydrogen (secondary N) is 1. The quantitative estimate of drug-likeness (QED) is 0.628. The maximum Gasteiger partial charge on any atom is 0.0742 e. The Labute approximate surface area is 79.8 Å². The minimum atomic E-state index is -0.289. The van der Waals surface area contributed by atoms with Gasteiger partial charge in [0.05, 0.1) is 18.8 Å². The van der Waals surface area contributed by atoms with Gasteiger partial charge >= 0.3 is 0 Å². The summed E-state index contributed by atoms with van der Waals surface area (Å²) in [6, 6.07) is 0. The lowest BCUT2D eigenvalue weighted by molar-refractivity contribution is 0.0837. The Morgan fingerprint density at radius 3 is 2.77 bits per heavy atom. The van der Waals surface area contributed by atoms with Crippen LogP contribution in [0.25, 0.3) is 0 Å². The van der Waals surface area contributed by atoms with Crippen molar-refractivity contribution in [3.63, 3.8) is 0 Å². The molecule has 3 nitrogen and oxygen atoms in total. The van der Waals surface area contributed by atoms with Crippen LogP contribution in [-0.2, 0) is 4.74 Å². The lowest BCUT2D eigenvalue weighted by atomic mass is 9.98. The molecule has 0 spiro atoms. The van der Waals surface area contributed by atoms with Crippen LogP contribution in [0.4, 0.5) is 0 Å². The van der Waals surface area contributed by atoms with E-state index in [0.29, 0.717) is 13.2 Å². The molecule has 1 fully saturated rings. The normalized spacial score (nSPS) is 28.3. The number of aliphatic hydroxyl groups excluding tert-OH is 1. The fraction of sp³-hybridized carbons (Fsp3) is 0.800. The van der Waals surface area contributed by atoms with Crippen LogP contribution in [0.1, 0.15) is 13.8 Å². The van der Waals surface area contributed by atoms with Crippen LogP contribution in [0.3, 0.4) is 0 Å². The minimum Gasteiger partial charge on any atom is -0.391 e. The predicted molar refractivity (Wildman–Crippen MR) is 52.6 cm³/mol. The van der Waals surface area contributed by atoms with E-state index in [9.17, 15) is 5.11 Å². The lowest BCUT2D eigenvalue weighted by Crippen LogP contribution is -2.22. The third-order valence-corrected chi connectivity index (χ3v) is 2.31. The zero-order valence-electron chi connectivity index (χ0n) is 8.42. The molecular formula is C10H19NO2. The van der Waals surface area contributed by atoms with Gasteiger partial charge in [-0.2, -0.15) is 0 Å². The summed E-state index contributed by atoms with van der Waals surface area (Å²) in [5.74, 6) is 0.166. The Morgan fingerprint density at radius 2 is 2.31 bits per heavy atom. The summed E-state index contributed by atoms with van der Waals surface area (Å²) in [4.78, 5) is 0. The van der Waals surface area contributed by atoms with Crippen molar-refractivity contribution in [3.8, 4) is 0 Å². The average molecular weight is 185 g/mol. The molecule has 13 heavy (non-hydrogen) atoms. The Bertz CT molecular complexity index is 180. The SMILES string of the molecule is C=C(COC(C)C)C1CNCC1O. The maximum atomic E-state index is 9.55. The molecule has 0 amide bonds. The van der Waals surface area contributed by atoms with Crippen molar-refractivity contribution >= 4 is 0 Å². The van der Waals surface area contributed by atoms with Gasteiger partial charge in [-0.25, -0.2) is 0 Å². The summed E-state index contributed by atoms with van der Waals surface area (Å²) in [5, 5.41) is 12.7. The van der Waals surface area contributed by atoms with Crippen LogP contribution in [0, 0.1) is 5.92 Å². The van der Waals surface area contributed by atoms with E-state index in [-0.39, 0.29) is 18.1 Å². The molecular weight excluding hydrogens is 166 g/mol. The summed E-state index contributed by atoms with van der Waals surface area (Å²) in [6.07, 6.45) is -0.0634. The highest BCUT2D eigenvalue weighted by Gasteiger charge is 2.27. The van der Waals surface area contributed by atoms with Gasteiger partial charge in [-0.05, 0) is 19.4 Å². The summed E-state index contributed by atoms with van der Waals surface area (Å²) >= 11 is 0. The van der Waals surface area contributed by atoms with Crippen molar-refractivity contribution in [3.05, 3.63) is 12.2 Å². The summed E-state index contributed by atoms with van der Waals surface area (Å²) in [7, 11) is 0. The third kappa shape index (κ3) is 3.10. The smallest absolute Gasteiger partial charge is 0.0742 e. The van der Waals surface area contributed by atoms with E-state index >= 15 is 0 Å². The lowest BCUT2D eigenvalue weighted by Gasteiger charge is -2.17. The van der Waals surface area contributed by atoms with Gasteiger partial charge in [0.15, 0.2) is 0 Å². The van der Waals surface area contributed by atoms with Gasteiger partial charge in [-0.3, -0.25) is 0 Å². The molecule has 0 aromatic carbocycles. The van der Waals surface area contributed by atoms with Crippen molar-refractivity contribution in [1.82, 2.24) is 5.32 Å². The van der Waals surface area contributed by atoms with Crippen molar-refractivity contribution in [2.45, 2.75) is 26.1 Å². The zero-order chi connectivity index (χ0) is 9.84. The summed E-state index contributed by atoms with van der Waals surface area (Å²) in [5.41, 5.74) is 0.992. The van der Waals surface area contributed by atoms with E-state index in [1.807, 2.05) is 13.8 Å². The first-order chi connectivity index (χ1) is 6.11. The molecule has 0 aromatic rings. The van der Waals surface area contributed by atoms with E-state index in [1.165, 1.54) is 0 Å². The molecule has 0 aliphatic carbocycles. The van der Waals surface area contributed by atoms with Crippen molar-refractivity contribution < 1.29 is 9.84 Å². The first kappa shape index (κ1) is 10.7. The van der Waals surface area contributed by atoms with Crippen molar-refractivity contribution in [1.29, 1.82) is 0 Å². The second kappa shape index (κ2) is 4.74. The number of hydrogen-bond donors (Lipinski definition) is 2. The summed E-state index contributed by atoms with van der Waals surface area (Å²) < 4.78 is 5.43. The minimum absolute atomic E-state index is 0.166. The molecule has 76 valence electrons. The predicted octanol–water partition coefficient (Wildman–Crippen LogP) is 0.548. The molecule has 1 rings (SSSR count). The fourth-order valence-corrected chi connectivity index (χ4v) is 1.46. The van der Waals surface area contributed by atoms with Gasteiger partial charge in [0.25, 0.3) is 0 Å². The molecule has 2 atom stereocenters. The van der Waals surface area contributed by atoms with Crippen LogP contribution in [0.2, 0.25) is 0 Å². The molecule has 2 N–H and O–H groups in total. The molecule has 1 aliphatic heterocycles. The fourth-order valence-electron chi connectivity index (χ4n) is 1.46. The van der Waals surface area contributed by atoms with E-state index in [1.54, 1.807) is 0 Å². The topological polar surface area (TPSA) is 41.5 Å². The van der Waals surface area contributed by atoms with Crippen LogP contribution < -0.4 is 5.32 Å². The molecule has 0 saturated carbocycles. The molecule has 0 radical (unpaired) electrons. The van der Waals surface area contributed by atoms with E-state index in [0.717, 1.165) is 12.1 Å². The van der Waals surface area contributed by atoms with Gasteiger partial charge in [0.1, 0.15) is 0 Å². The van der Waals surface area contributed by atoms with Gasteiger partial charge in [-0.15, -0.1) is 0 Å². The molecule has 3 heteroatoms. The largest absolute Gasteiger partial charge is 0.391 e. The highest BCUT2D eigenvalue weighted by atomic mass is 16.5. The number of β-amino-alcohol motifs (C(OH)–C–C–N with tert-alkyl or cyclic N) is 1. The van der Waals surface area contributed by atoms with Gasteiger partial charge in [0.2, 0.25) is 0 Å². The van der Waals surface area contributed by atoms with Crippen molar-refractivity contribution in [2.24, 2.45) is 5.92 Å². The van der Waals surface area contributed by atoms with Gasteiger partial charge in [0, 0.05) is 19.0 Å². The second-order valence-corrected chi connectivity index (χ2v) is 3.85. The summed E-state index contributed by atoms with van der Waals surface area (Å²) in [6.45, 7) is 9.98. The molecule has 0 aromatic heterocycles. The van der Waals surface area contributed by atoms with Crippen molar-refractivity contribution in [2.75, 3.05) is 19.7 Å². The first-order valence-corrected chi connectivity index (χ1v) is 4.79. The highest BCUT2D eigenvalue weighted by Crippen LogP contribution is 2.17. The maximum absolute atomic E-state index is 9.55. The van der Waals surface area contributed by atoms with Crippen LogP contribution in [-0.4, -0.2) is 37.0 Å². The zero-order valence-corrected chi connectivity index (χ0v) is 8.42. The number of aliphatic hydroxyl groups is 1. The first-order valence-electron chi connectivity index (χ1n) is 4.79. The molecule has 1 heterocycles. The molecule has 0 bridgehead atoms. The monoisotopic (exact) mass is 185 g/mol. The van der Waals surface area contributed by atoms with Crippen LogP contribution in [0.5, 0.6) is 0 Å². The van der Waals surface area contributed by atoms with Gasteiger partial charge in [-0.1, -0.05) is 6.58 Å². The second-order valence-electron chi connectivity index (χ2n) is 3.85. The number of rotatable bonds is 4. The molecule has 1 aliphatic rings. The molecule has 2 unspecified atom stereocenters. The average Bonchev–Trinajstić information content (AvgIpc) is 2.47. The Balaban J connectivity index is 2.30. The third-order valence-electron chi connectivity index (χ3n) is 2.31. The van der Waals surface area contributed by atoms with Crippen LogP contribution in [0.15, 0.2) is 12.2 Å². The Morgan fingerprint density at radius 1 is 1.62 bits per heavy atom.